The van der Waals surface area contributed by atoms with E-state index in [1.54, 1.807) is 24.3 Å². The molecule has 0 saturated carbocycles. The van der Waals surface area contributed by atoms with E-state index in [-0.39, 0.29) is 17.9 Å². The Morgan fingerprint density at radius 3 is 2.43 bits per heavy atom. The molecule has 0 fully saturated rings. The molecule has 0 spiro atoms. The lowest BCUT2D eigenvalue weighted by atomic mass is 10.1. The molecule has 1 N–H and O–H groups in total. The molecule has 148 valence electrons. The number of benzene rings is 2. The van der Waals surface area contributed by atoms with Crippen LogP contribution in [0.5, 0.6) is 5.75 Å². The van der Waals surface area contributed by atoms with Gasteiger partial charge in [-0.15, -0.1) is 0 Å². The third-order valence-electron chi connectivity index (χ3n) is 4.38. The molecular formula is C23H28N2O3. The molecule has 0 aliphatic carbocycles. The first-order valence-corrected chi connectivity index (χ1v) is 9.63. The fourth-order valence-electron chi connectivity index (χ4n) is 2.76. The minimum Gasteiger partial charge on any atom is -0.479 e. The van der Waals surface area contributed by atoms with Gasteiger partial charge >= 0.3 is 0 Å². The Labute approximate surface area is 167 Å². The van der Waals surface area contributed by atoms with Crippen molar-refractivity contribution in [3.8, 4) is 11.8 Å². The number of carbonyl (C=O) groups excluding carboxylic acids is 1. The summed E-state index contributed by atoms with van der Waals surface area (Å²) in [4.78, 5) is 12.5. The SMILES string of the molecule is CC(OCCCNC(=O)C(Oc1ccccc1C#N)C(C)C)c1ccccc1. The van der Waals surface area contributed by atoms with Crippen LogP contribution in [0.4, 0.5) is 0 Å². The van der Waals surface area contributed by atoms with Crippen molar-refractivity contribution in [3.63, 3.8) is 0 Å². The van der Waals surface area contributed by atoms with Crippen molar-refractivity contribution in [1.29, 1.82) is 5.26 Å². The van der Waals surface area contributed by atoms with Gasteiger partial charge in [-0.2, -0.15) is 5.26 Å². The maximum Gasteiger partial charge on any atom is 0.261 e. The number of para-hydroxylation sites is 1. The quantitative estimate of drug-likeness (QED) is 0.626. The molecule has 5 nitrogen and oxygen atoms in total. The minimum absolute atomic E-state index is 0.0196. The zero-order valence-corrected chi connectivity index (χ0v) is 16.7. The fourth-order valence-corrected chi connectivity index (χ4v) is 2.76. The zero-order chi connectivity index (χ0) is 20.4. The van der Waals surface area contributed by atoms with Gasteiger partial charge in [-0.1, -0.05) is 56.3 Å². The Morgan fingerprint density at radius 2 is 1.75 bits per heavy atom. The molecule has 0 heterocycles. The molecule has 2 aromatic rings. The van der Waals surface area contributed by atoms with Crippen LogP contribution in [-0.4, -0.2) is 25.2 Å². The highest BCUT2D eigenvalue weighted by Gasteiger charge is 2.24. The van der Waals surface area contributed by atoms with Crippen LogP contribution in [-0.2, 0) is 9.53 Å². The van der Waals surface area contributed by atoms with Gasteiger partial charge in [0.25, 0.3) is 5.91 Å². The Balaban J connectivity index is 1.79. The molecule has 0 bridgehead atoms. The minimum atomic E-state index is -0.654. The van der Waals surface area contributed by atoms with Gasteiger partial charge < -0.3 is 14.8 Å². The van der Waals surface area contributed by atoms with Crippen LogP contribution in [0.15, 0.2) is 54.6 Å². The van der Waals surface area contributed by atoms with Gasteiger partial charge in [0.2, 0.25) is 0 Å². The smallest absolute Gasteiger partial charge is 0.261 e. The number of nitrogens with zero attached hydrogens (tertiary/aromatic N) is 1. The summed E-state index contributed by atoms with van der Waals surface area (Å²) in [5.74, 6) is 0.221. The van der Waals surface area contributed by atoms with Crippen LogP contribution in [0.2, 0.25) is 0 Å². The first-order chi connectivity index (χ1) is 13.5. The maximum atomic E-state index is 12.5. The number of rotatable bonds is 10. The summed E-state index contributed by atoms with van der Waals surface area (Å²) < 4.78 is 11.7. The van der Waals surface area contributed by atoms with E-state index >= 15 is 0 Å². The monoisotopic (exact) mass is 380 g/mol. The van der Waals surface area contributed by atoms with E-state index < -0.39 is 6.10 Å². The number of ether oxygens (including phenoxy) is 2. The van der Waals surface area contributed by atoms with Gasteiger partial charge in [0, 0.05) is 13.2 Å². The van der Waals surface area contributed by atoms with Crippen LogP contribution in [0.1, 0.15) is 44.4 Å². The summed E-state index contributed by atoms with van der Waals surface area (Å²) in [6.07, 6.45) is 0.0764. The average molecular weight is 380 g/mol. The second-order valence-electron chi connectivity index (χ2n) is 6.96. The van der Waals surface area contributed by atoms with Gasteiger partial charge in [0.15, 0.2) is 6.10 Å². The zero-order valence-electron chi connectivity index (χ0n) is 16.7. The summed E-state index contributed by atoms with van der Waals surface area (Å²) in [5, 5.41) is 12.1. The average Bonchev–Trinajstić information content (AvgIpc) is 2.72. The predicted octanol–water partition coefficient (Wildman–Crippen LogP) is 4.25. The fraction of sp³-hybridized carbons (Fsp3) is 0.391. The molecule has 0 radical (unpaired) electrons. The number of hydrogen-bond donors (Lipinski definition) is 1. The van der Waals surface area contributed by atoms with Crippen LogP contribution >= 0.6 is 0 Å². The standard InChI is InChI=1S/C23H28N2O3/c1-17(2)22(28-21-13-8-7-12-20(21)16-24)23(26)25-14-9-15-27-18(3)19-10-5-4-6-11-19/h4-8,10-13,17-18,22H,9,14-15H2,1-3H3,(H,25,26). The van der Waals surface area contributed by atoms with E-state index in [1.807, 2.05) is 51.1 Å². The lowest BCUT2D eigenvalue weighted by molar-refractivity contribution is -0.129. The van der Waals surface area contributed by atoms with Gasteiger partial charge in [0.1, 0.15) is 11.8 Å². The van der Waals surface area contributed by atoms with Crippen LogP contribution in [0.3, 0.4) is 0 Å². The van der Waals surface area contributed by atoms with Crippen molar-refractivity contribution in [1.82, 2.24) is 5.32 Å². The van der Waals surface area contributed by atoms with E-state index in [2.05, 4.69) is 11.4 Å². The van der Waals surface area contributed by atoms with Crippen LogP contribution in [0.25, 0.3) is 0 Å². The van der Waals surface area contributed by atoms with Crippen molar-refractivity contribution >= 4 is 5.91 Å². The van der Waals surface area contributed by atoms with Crippen molar-refractivity contribution in [2.75, 3.05) is 13.2 Å². The molecule has 2 aromatic carbocycles. The van der Waals surface area contributed by atoms with Crippen molar-refractivity contribution in [2.24, 2.45) is 5.92 Å². The third kappa shape index (κ3) is 6.40. The second-order valence-corrected chi connectivity index (χ2v) is 6.96. The molecule has 0 aliphatic heterocycles. The highest BCUT2D eigenvalue weighted by molar-refractivity contribution is 5.81. The number of amides is 1. The van der Waals surface area contributed by atoms with Crippen molar-refractivity contribution < 1.29 is 14.3 Å². The van der Waals surface area contributed by atoms with Gasteiger partial charge in [-0.3, -0.25) is 4.79 Å². The topological polar surface area (TPSA) is 71.3 Å². The number of nitrogens with one attached hydrogen (secondary N) is 1. The molecule has 2 rings (SSSR count). The van der Waals surface area contributed by atoms with Crippen molar-refractivity contribution in [2.45, 2.75) is 39.4 Å². The first-order valence-electron chi connectivity index (χ1n) is 9.63. The summed E-state index contributed by atoms with van der Waals surface area (Å²) in [6, 6.07) is 19.1. The number of carbonyl (C=O) groups is 1. The van der Waals surface area contributed by atoms with E-state index in [1.165, 1.54) is 0 Å². The maximum absolute atomic E-state index is 12.5. The molecule has 5 heteroatoms. The Morgan fingerprint density at radius 1 is 1.07 bits per heavy atom. The summed E-state index contributed by atoms with van der Waals surface area (Å²) in [7, 11) is 0. The van der Waals surface area contributed by atoms with E-state index in [0.717, 1.165) is 5.56 Å². The lowest BCUT2D eigenvalue weighted by Crippen LogP contribution is -2.42. The second kappa shape index (κ2) is 11.1. The molecule has 28 heavy (non-hydrogen) atoms. The molecule has 0 saturated heterocycles. The molecule has 2 unspecified atom stereocenters. The number of hydrogen-bond acceptors (Lipinski definition) is 4. The van der Waals surface area contributed by atoms with Gasteiger partial charge in [-0.05, 0) is 37.0 Å². The lowest BCUT2D eigenvalue weighted by Gasteiger charge is -2.22. The summed E-state index contributed by atoms with van der Waals surface area (Å²) in [5.41, 5.74) is 1.56. The molecule has 0 aromatic heterocycles. The number of nitriles is 1. The Kier molecular flexibility index (Phi) is 8.51. The predicted molar refractivity (Wildman–Crippen MR) is 109 cm³/mol. The largest absolute Gasteiger partial charge is 0.479 e. The van der Waals surface area contributed by atoms with E-state index in [4.69, 9.17) is 9.47 Å². The van der Waals surface area contributed by atoms with E-state index in [0.29, 0.717) is 30.9 Å². The molecular weight excluding hydrogens is 352 g/mol. The Bertz CT molecular complexity index is 784. The van der Waals surface area contributed by atoms with E-state index in [9.17, 15) is 10.1 Å². The molecule has 0 aliphatic rings. The van der Waals surface area contributed by atoms with Crippen LogP contribution in [0, 0.1) is 17.2 Å². The molecule has 1 amide bonds. The normalized spacial score (nSPS) is 12.8. The summed E-state index contributed by atoms with van der Waals surface area (Å²) >= 11 is 0. The summed E-state index contributed by atoms with van der Waals surface area (Å²) in [6.45, 7) is 6.92. The van der Waals surface area contributed by atoms with Crippen LogP contribution < -0.4 is 10.1 Å². The highest BCUT2D eigenvalue weighted by Crippen LogP contribution is 2.21. The molecule has 2 atom stereocenters. The first kappa shape index (κ1) is 21.5. The van der Waals surface area contributed by atoms with Gasteiger partial charge in [-0.25, -0.2) is 0 Å². The highest BCUT2D eigenvalue weighted by atomic mass is 16.5. The van der Waals surface area contributed by atoms with Gasteiger partial charge in [0.05, 0.1) is 11.7 Å². The third-order valence-corrected chi connectivity index (χ3v) is 4.38. The Hall–Kier alpha value is -2.84. The van der Waals surface area contributed by atoms with Crippen molar-refractivity contribution in [3.05, 3.63) is 65.7 Å².